The smallest absolute Gasteiger partial charge is 0.303 e. The van der Waals surface area contributed by atoms with E-state index in [4.69, 9.17) is 10.2 Å². The van der Waals surface area contributed by atoms with Gasteiger partial charge in [0.2, 0.25) is 0 Å². The third-order valence-electron chi connectivity index (χ3n) is 4.75. The molecule has 27 heavy (non-hydrogen) atoms. The summed E-state index contributed by atoms with van der Waals surface area (Å²) >= 11 is 0. The third kappa shape index (κ3) is 17.5. The highest BCUT2D eigenvalue weighted by Crippen LogP contribution is 2.18. The predicted octanol–water partition coefficient (Wildman–Crippen LogP) is 5.77. The Morgan fingerprint density at radius 3 is 2.00 bits per heavy atom. The Labute approximate surface area is 164 Å². The molecule has 156 valence electrons. The Hall–Kier alpha value is -1.65. The van der Waals surface area contributed by atoms with Crippen LogP contribution < -0.4 is 0 Å². The van der Waals surface area contributed by atoms with Crippen molar-refractivity contribution in [2.75, 3.05) is 0 Å². The fourth-order valence-corrected chi connectivity index (χ4v) is 3.08. The van der Waals surface area contributed by atoms with E-state index in [1.54, 1.807) is 0 Å². The summed E-state index contributed by atoms with van der Waals surface area (Å²) in [6.07, 6.45) is 16.6. The number of allylic oxidation sites excluding steroid dienone is 2. The highest BCUT2D eigenvalue weighted by molar-refractivity contribution is 5.85. The molecule has 0 saturated heterocycles. The monoisotopic (exact) mass is 382 g/mol. The van der Waals surface area contributed by atoms with Crippen molar-refractivity contribution in [3.63, 3.8) is 0 Å². The van der Waals surface area contributed by atoms with Gasteiger partial charge in [-0.1, -0.05) is 70.4 Å². The third-order valence-corrected chi connectivity index (χ3v) is 4.75. The first-order chi connectivity index (χ1) is 13.0. The molecule has 0 aliphatic rings. The molecule has 0 aliphatic heterocycles. The first kappa shape index (κ1) is 25.4. The number of carbonyl (C=O) groups excluding carboxylic acids is 1. The van der Waals surface area contributed by atoms with Crippen LogP contribution in [-0.2, 0) is 14.4 Å². The van der Waals surface area contributed by atoms with E-state index in [0.29, 0.717) is 6.42 Å². The van der Waals surface area contributed by atoms with Gasteiger partial charge in [-0.2, -0.15) is 0 Å². The van der Waals surface area contributed by atoms with Gasteiger partial charge < -0.3 is 10.2 Å². The van der Waals surface area contributed by atoms with Gasteiger partial charge in [-0.25, -0.2) is 0 Å². The van der Waals surface area contributed by atoms with Crippen molar-refractivity contribution in [2.24, 2.45) is 5.92 Å². The summed E-state index contributed by atoms with van der Waals surface area (Å²) in [6.45, 7) is 2.19. The minimum Gasteiger partial charge on any atom is -0.481 e. The molecule has 0 saturated carbocycles. The summed E-state index contributed by atoms with van der Waals surface area (Å²) in [5.74, 6) is -1.84. The molecule has 1 unspecified atom stereocenters. The van der Waals surface area contributed by atoms with Crippen LogP contribution in [0.15, 0.2) is 12.2 Å². The van der Waals surface area contributed by atoms with Crippen LogP contribution in [0.4, 0.5) is 0 Å². The molecule has 2 N–H and O–H groups in total. The molecule has 0 aromatic carbocycles. The fraction of sp³-hybridized carbons (Fsp3) is 0.773. The number of carboxylic acid groups (broad SMARTS) is 2. The fourth-order valence-electron chi connectivity index (χ4n) is 3.08. The summed E-state index contributed by atoms with van der Waals surface area (Å²) in [5, 5.41) is 17.4. The molecule has 0 bridgehead atoms. The molecule has 0 aliphatic carbocycles. The second kappa shape index (κ2) is 17.7. The zero-order valence-corrected chi connectivity index (χ0v) is 17.0. The second-order valence-corrected chi connectivity index (χ2v) is 7.30. The summed E-state index contributed by atoms with van der Waals surface area (Å²) in [5.41, 5.74) is 0. The van der Waals surface area contributed by atoms with Crippen LogP contribution in [0.2, 0.25) is 0 Å². The Balaban J connectivity index is 4.17. The van der Waals surface area contributed by atoms with E-state index in [1.807, 2.05) is 6.08 Å². The zero-order valence-electron chi connectivity index (χ0n) is 17.0. The van der Waals surface area contributed by atoms with Crippen LogP contribution in [0.3, 0.4) is 0 Å². The van der Waals surface area contributed by atoms with Crippen molar-refractivity contribution in [1.82, 2.24) is 0 Å². The lowest BCUT2D eigenvalue weighted by Gasteiger charge is -2.11. The molecule has 0 amide bonds. The summed E-state index contributed by atoms with van der Waals surface area (Å²) in [6, 6.07) is 0. The highest BCUT2D eigenvalue weighted by atomic mass is 16.4. The number of unbranched alkanes of at least 4 members (excludes halogenated alkanes) is 9. The van der Waals surface area contributed by atoms with E-state index >= 15 is 0 Å². The van der Waals surface area contributed by atoms with Crippen LogP contribution in [0.25, 0.3) is 0 Å². The molecular weight excluding hydrogens is 344 g/mol. The number of hydrogen-bond donors (Lipinski definition) is 2. The molecule has 0 rings (SSSR count). The number of rotatable bonds is 19. The lowest BCUT2D eigenvalue weighted by Crippen LogP contribution is -2.14. The summed E-state index contributed by atoms with van der Waals surface area (Å²) in [4.78, 5) is 33.5. The SMILES string of the molecule is CCCCCCC/C=C/C(CCCCCCCC(=O)O)C(=O)CCC(=O)O. The van der Waals surface area contributed by atoms with Crippen LogP contribution in [-0.4, -0.2) is 27.9 Å². The van der Waals surface area contributed by atoms with Gasteiger partial charge in [0.1, 0.15) is 5.78 Å². The Morgan fingerprint density at radius 2 is 1.33 bits per heavy atom. The van der Waals surface area contributed by atoms with Crippen molar-refractivity contribution in [3.05, 3.63) is 12.2 Å². The average Bonchev–Trinajstić information content (AvgIpc) is 2.62. The van der Waals surface area contributed by atoms with Gasteiger partial charge in [-0.3, -0.25) is 14.4 Å². The summed E-state index contributed by atoms with van der Waals surface area (Å²) < 4.78 is 0. The van der Waals surface area contributed by atoms with Crippen LogP contribution in [0, 0.1) is 5.92 Å². The van der Waals surface area contributed by atoms with Crippen molar-refractivity contribution < 1.29 is 24.6 Å². The topological polar surface area (TPSA) is 91.7 Å². The standard InChI is InChI=1S/C22H38O5/c1-2-3-4-5-6-8-11-14-19(20(23)17-18-22(26)27)15-12-9-7-10-13-16-21(24)25/h11,14,19H,2-10,12-13,15-18H2,1H3,(H,24,25)(H,26,27)/b14-11+. The molecule has 0 radical (unpaired) electrons. The van der Waals surface area contributed by atoms with Gasteiger partial charge in [0.05, 0.1) is 6.42 Å². The largest absolute Gasteiger partial charge is 0.481 e. The number of carbonyl (C=O) groups is 3. The van der Waals surface area contributed by atoms with Gasteiger partial charge >= 0.3 is 11.9 Å². The predicted molar refractivity (Wildman–Crippen MR) is 108 cm³/mol. The number of Topliss-reactive ketones (excluding diaryl/α,β-unsaturated/α-hetero) is 1. The lowest BCUT2D eigenvalue weighted by molar-refractivity contribution is -0.139. The second-order valence-electron chi connectivity index (χ2n) is 7.30. The first-order valence-electron chi connectivity index (χ1n) is 10.6. The minimum absolute atomic E-state index is 0.0190. The first-order valence-corrected chi connectivity index (χ1v) is 10.6. The molecule has 0 heterocycles. The van der Waals surface area contributed by atoms with E-state index in [2.05, 4.69) is 13.0 Å². The maximum absolute atomic E-state index is 12.3. The normalized spacial score (nSPS) is 12.3. The van der Waals surface area contributed by atoms with E-state index < -0.39 is 11.9 Å². The molecule has 1 atom stereocenters. The number of hydrogen-bond acceptors (Lipinski definition) is 3. The Bertz CT molecular complexity index is 442. The molecule has 5 heteroatoms. The number of aliphatic carboxylic acids is 2. The van der Waals surface area contributed by atoms with Gasteiger partial charge in [-0.15, -0.1) is 0 Å². The number of ketones is 1. The van der Waals surface area contributed by atoms with Gasteiger partial charge in [0.25, 0.3) is 0 Å². The zero-order chi connectivity index (χ0) is 20.3. The average molecular weight is 383 g/mol. The van der Waals surface area contributed by atoms with E-state index in [1.165, 1.54) is 25.7 Å². The molecule has 5 nitrogen and oxygen atoms in total. The minimum atomic E-state index is -0.930. The van der Waals surface area contributed by atoms with Crippen molar-refractivity contribution in [2.45, 2.75) is 103 Å². The molecule has 0 aromatic rings. The van der Waals surface area contributed by atoms with Crippen LogP contribution in [0.5, 0.6) is 0 Å². The van der Waals surface area contributed by atoms with Gasteiger partial charge in [0, 0.05) is 18.8 Å². The van der Waals surface area contributed by atoms with Crippen molar-refractivity contribution >= 4 is 17.7 Å². The quantitative estimate of drug-likeness (QED) is 0.219. The van der Waals surface area contributed by atoms with E-state index in [0.717, 1.165) is 44.9 Å². The van der Waals surface area contributed by atoms with Crippen molar-refractivity contribution in [3.8, 4) is 0 Å². The number of carboxylic acids is 2. The molecule has 0 aromatic heterocycles. The Morgan fingerprint density at radius 1 is 0.741 bits per heavy atom. The molecular formula is C22H38O5. The van der Waals surface area contributed by atoms with Gasteiger partial charge in [-0.05, 0) is 25.7 Å². The highest BCUT2D eigenvalue weighted by Gasteiger charge is 2.16. The van der Waals surface area contributed by atoms with Crippen molar-refractivity contribution in [1.29, 1.82) is 0 Å². The maximum atomic E-state index is 12.3. The summed E-state index contributed by atoms with van der Waals surface area (Å²) in [7, 11) is 0. The molecule has 0 fully saturated rings. The molecule has 0 spiro atoms. The maximum Gasteiger partial charge on any atom is 0.303 e. The lowest BCUT2D eigenvalue weighted by atomic mass is 9.92. The van der Waals surface area contributed by atoms with E-state index in [-0.39, 0.29) is 31.0 Å². The Kier molecular flexibility index (Phi) is 16.7. The van der Waals surface area contributed by atoms with Gasteiger partial charge in [0.15, 0.2) is 0 Å². The van der Waals surface area contributed by atoms with E-state index in [9.17, 15) is 14.4 Å². The van der Waals surface area contributed by atoms with Crippen LogP contribution >= 0.6 is 0 Å². The van der Waals surface area contributed by atoms with Crippen LogP contribution in [0.1, 0.15) is 103 Å².